The zero-order valence-electron chi connectivity index (χ0n) is 34.4. The van der Waals surface area contributed by atoms with Gasteiger partial charge in [0.2, 0.25) is 0 Å². The summed E-state index contributed by atoms with van der Waals surface area (Å²) in [6.07, 6.45) is -4.94. The van der Waals surface area contributed by atoms with Gasteiger partial charge in [-0.15, -0.1) is 0 Å². The van der Waals surface area contributed by atoms with Gasteiger partial charge in [0.1, 0.15) is 48.1 Å². The van der Waals surface area contributed by atoms with Crippen molar-refractivity contribution in [1.82, 2.24) is 0 Å². The molecule has 0 bridgehead atoms. The molecule has 6 fully saturated rings. The molecule has 7 aliphatic rings. The number of hydrogen-bond donors (Lipinski definition) is 9. The lowest BCUT2D eigenvalue weighted by molar-refractivity contribution is -0.330. The van der Waals surface area contributed by atoms with Crippen molar-refractivity contribution in [1.29, 1.82) is 0 Å². The first-order valence-electron chi connectivity index (χ1n) is 21.2. The molecule has 1 aliphatic heterocycles. The number of allylic oxidation sites excluding steroid dienone is 2. The Bertz CT molecular complexity index is 1510. The van der Waals surface area contributed by atoms with Crippen LogP contribution in [0, 0.1) is 56.2 Å². The normalized spacial score (nSPS) is 53.7. The lowest BCUT2D eigenvalue weighted by atomic mass is 9.33. The Kier molecular flexibility index (Phi) is 11.1. The Labute approximate surface area is 331 Å². The summed E-state index contributed by atoms with van der Waals surface area (Å²) in [5, 5.41) is 95.7. The summed E-state index contributed by atoms with van der Waals surface area (Å²) in [7, 11) is 0. The molecule has 19 unspecified atom stereocenters. The predicted molar refractivity (Wildman–Crippen MR) is 202 cm³/mol. The van der Waals surface area contributed by atoms with Gasteiger partial charge in [-0.25, -0.2) is 0 Å². The van der Waals surface area contributed by atoms with E-state index in [2.05, 4.69) is 54.5 Å². The highest BCUT2D eigenvalue weighted by Crippen LogP contribution is 2.76. The van der Waals surface area contributed by atoms with Gasteiger partial charge < -0.3 is 60.2 Å². The highest BCUT2D eigenvalue weighted by Gasteiger charge is 2.72. The fraction of sp³-hybridized carbons (Fsp3) is 0.930. The van der Waals surface area contributed by atoms with Gasteiger partial charge in [0, 0.05) is 12.5 Å². The molecule has 5 saturated carbocycles. The molecule has 9 N–H and O–H groups in total. The average molecular weight is 795 g/mol. The molecule has 1 heterocycles. The first-order valence-corrected chi connectivity index (χ1v) is 21.2. The van der Waals surface area contributed by atoms with Crippen molar-refractivity contribution in [2.45, 2.75) is 180 Å². The van der Waals surface area contributed by atoms with E-state index in [0.29, 0.717) is 32.1 Å². The Morgan fingerprint density at radius 2 is 1.45 bits per heavy atom. The summed E-state index contributed by atoms with van der Waals surface area (Å²) in [5.41, 5.74) is -1.29. The van der Waals surface area contributed by atoms with Crippen molar-refractivity contribution in [3.05, 3.63) is 11.6 Å². The largest absolute Gasteiger partial charge is 0.459 e. The van der Waals surface area contributed by atoms with Crippen LogP contribution in [0.15, 0.2) is 11.6 Å². The third-order valence-corrected chi connectivity index (χ3v) is 17.7. The Hall–Kier alpha value is -1.23. The topological polar surface area (TPSA) is 227 Å². The summed E-state index contributed by atoms with van der Waals surface area (Å²) >= 11 is 0. The molecule has 13 nitrogen and oxygen atoms in total. The molecular formula is C43H70O13. The Balaban J connectivity index is 1.18. The maximum Gasteiger partial charge on any atom is 0.315 e. The summed E-state index contributed by atoms with van der Waals surface area (Å²) < 4.78 is 18.4. The molecule has 320 valence electrons. The monoisotopic (exact) mass is 794 g/mol. The van der Waals surface area contributed by atoms with Gasteiger partial charge in [-0.1, -0.05) is 60.1 Å². The van der Waals surface area contributed by atoms with E-state index in [0.717, 1.165) is 25.7 Å². The Morgan fingerprint density at radius 3 is 2.11 bits per heavy atom. The smallest absolute Gasteiger partial charge is 0.315 e. The van der Waals surface area contributed by atoms with Crippen molar-refractivity contribution >= 4 is 5.97 Å². The highest BCUT2D eigenvalue weighted by molar-refractivity contribution is 5.80. The zero-order valence-corrected chi connectivity index (χ0v) is 34.4. The van der Waals surface area contributed by atoms with Crippen LogP contribution in [-0.2, 0) is 19.0 Å². The van der Waals surface area contributed by atoms with Crippen molar-refractivity contribution in [2.75, 3.05) is 13.2 Å². The van der Waals surface area contributed by atoms with E-state index in [1.807, 2.05) is 0 Å². The molecule has 0 spiro atoms. The molecule has 19 atom stereocenters. The van der Waals surface area contributed by atoms with Crippen LogP contribution in [-0.4, -0.2) is 132 Å². The average Bonchev–Trinajstić information content (AvgIpc) is 3.13. The van der Waals surface area contributed by atoms with Crippen molar-refractivity contribution in [2.24, 2.45) is 56.2 Å². The summed E-state index contributed by atoms with van der Waals surface area (Å²) in [6, 6.07) is 0. The van der Waals surface area contributed by atoms with Gasteiger partial charge in [0.05, 0.1) is 24.9 Å². The standard InChI is InChI=1S/C43H70O13/c1-38(2)14-15-43(37(53)55-24-16-21(19-44)30(47)33(50)31(24)48)23(17-38)22-8-9-27-40(5)12-11-29(56-36-35(52)34(51)32(49)25(20-45)54-36)39(3,4)26(40)10-13-41(27,6)42(22,7)18-28(43)46/h8,21,23-36,44-52H,9-20H2,1-7H3. The second-order valence-corrected chi connectivity index (χ2v) is 21.3. The number of esters is 1. The van der Waals surface area contributed by atoms with Gasteiger partial charge >= 0.3 is 5.97 Å². The predicted octanol–water partition coefficient (Wildman–Crippen LogP) is 1.95. The van der Waals surface area contributed by atoms with Gasteiger partial charge in [-0.05, 0) is 109 Å². The molecule has 6 aliphatic carbocycles. The fourth-order valence-electron chi connectivity index (χ4n) is 14.1. The summed E-state index contributed by atoms with van der Waals surface area (Å²) in [4.78, 5) is 14.7. The molecule has 7 rings (SSSR count). The highest BCUT2D eigenvalue weighted by atomic mass is 16.7. The minimum Gasteiger partial charge on any atom is -0.459 e. The lowest BCUT2D eigenvalue weighted by Crippen LogP contribution is -2.68. The fourth-order valence-corrected chi connectivity index (χ4v) is 14.1. The number of aliphatic hydroxyl groups is 9. The van der Waals surface area contributed by atoms with Gasteiger partial charge in [-0.2, -0.15) is 0 Å². The lowest BCUT2D eigenvalue weighted by Gasteiger charge is -2.72. The van der Waals surface area contributed by atoms with Crippen LogP contribution < -0.4 is 0 Å². The molecule has 0 amide bonds. The number of hydrogen-bond acceptors (Lipinski definition) is 13. The van der Waals surface area contributed by atoms with Gasteiger partial charge in [-0.3, -0.25) is 4.79 Å². The van der Waals surface area contributed by atoms with E-state index in [4.69, 9.17) is 14.2 Å². The molecule has 13 heteroatoms. The first-order chi connectivity index (χ1) is 26.0. The molecule has 0 aromatic carbocycles. The van der Waals surface area contributed by atoms with E-state index >= 15 is 0 Å². The minimum atomic E-state index is -1.58. The van der Waals surface area contributed by atoms with Crippen LogP contribution in [0.25, 0.3) is 0 Å². The van der Waals surface area contributed by atoms with Gasteiger partial charge in [0.15, 0.2) is 6.29 Å². The maximum atomic E-state index is 14.7. The van der Waals surface area contributed by atoms with Crippen molar-refractivity contribution in [3.8, 4) is 0 Å². The van der Waals surface area contributed by atoms with E-state index in [9.17, 15) is 50.8 Å². The molecule has 1 saturated heterocycles. The van der Waals surface area contributed by atoms with Crippen LogP contribution >= 0.6 is 0 Å². The van der Waals surface area contributed by atoms with Gasteiger partial charge in [0.25, 0.3) is 0 Å². The molecule has 56 heavy (non-hydrogen) atoms. The van der Waals surface area contributed by atoms with E-state index < -0.39 is 97.2 Å². The van der Waals surface area contributed by atoms with Crippen LogP contribution in [0.3, 0.4) is 0 Å². The number of aliphatic hydroxyl groups excluding tert-OH is 9. The number of carbonyl (C=O) groups is 1. The minimum absolute atomic E-state index is 0.00531. The van der Waals surface area contributed by atoms with E-state index in [1.165, 1.54) is 5.57 Å². The maximum absolute atomic E-state index is 14.7. The van der Waals surface area contributed by atoms with Crippen LogP contribution in [0.1, 0.15) is 113 Å². The van der Waals surface area contributed by atoms with E-state index in [-0.39, 0.29) is 51.9 Å². The molecule has 0 aromatic rings. The zero-order chi connectivity index (χ0) is 41.1. The summed E-state index contributed by atoms with van der Waals surface area (Å²) in [5.74, 6) is -1.18. The van der Waals surface area contributed by atoms with Crippen molar-refractivity contribution < 1.29 is 65.0 Å². The van der Waals surface area contributed by atoms with Crippen LogP contribution in [0.4, 0.5) is 0 Å². The number of ether oxygens (including phenoxy) is 3. The van der Waals surface area contributed by atoms with Crippen LogP contribution in [0.5, 0.6) is 0 Å². The molecular weight excluding hydrogens is 724 g/mol. The van der Waals surface area contributed by atoms with Crippen molar-refractivity contribution in [3.63, 3.8) is 0 Å². The third kappa shape index (κ3) is 6.14. The molecule has 0 aromatic heterocycles. The second kappa shape index (κ2) is 14.5. The Morgan fingerprint density at radius 1 is 0.768 bits per heavy atom. The summed E-state index contributed by atoms with van der Waals surface area (Å²) in [6.45, 7) is 15.0. The third-order valence-electron chi connectivity index (χ3n) is 17.7. The van der Waals surface area contributed by atoms with Crippen LogP contribution in [0.2, 0.25) is 0 Å². The quantitative estimate of drug-likeness (QED) is 0.107. The second-order valence-electron chi connectivity index (χ2n) is 21.3. The van der Waals surface area contributed by atoms with E-state index in [1.54, 1.807) is 0 Å². The first kappa shape index (κ1) is 42.9. The SMILES string of the molecule is CC1(C)CCC2(C(=O)OC3CC(CO)C(O)C(O)C3O)C(O)CC3(C)C(=CCC4C5(C)CCC(OC6OC(CO)C(O)C(O)C6O)C(C)(C)C5CCC43C)C2C1. The molecule has 0 radical (unpaired) electrons. The number of rotatable bonds is 6. The number of fused-ring (bicyclic) bond motifs is 7. The number of carbonyl (C=O) groups excluding carboxylic acids is 1.